The number of ether oxygens (including phenoxy) is 1. The van der Waals surface area contributed by atoms with E-state index < -0.39 is 0 Å². The summed E-state index contributed by atoms with van der Waals surface area (Å²) in [6.45, 7) is 1.95. The fraction of sp³-hybridized carbons (Fsp3) is 0.286. The van der Waals surface area contributed by atoms with E-state index in [0.29, 0.717) is 12.0 Å². The molecule has 0 saturated carbocycles. The van der Waals surface area contributed by atoms with Gasteiger partial charge in [-0.2, -0.15) is 5.10 Å². The second kappa shape index (κ2) is 5.04. The number of ketones is 1. The highest BCUT2D eigenvalue weighted by Gasteiger charge is 2.10. The van der Waals surface area contributed by atoms with E-state index in [1.165, 1.54) is 0 Å². The van der Waals surface area contributed by atoms with Gasteiger partial charge in [-0.3, -0.25) is 9.48 Å². The predicted octanol–water partition coefficient (Wildman–Crippen LogP) is 2.16. The zero-order chi connectivity index (χ0) is 13.1. The SMILES string of the molecule is COc1cc(C(=O)Cc2cnn(C)c2)ccc1C. The normalized spacial score (nSPS) is 10.4. The van der Waals surface area contributed by atoms with Crippen LogP contribution in [0.4, 0.5) is 0 Å². The Bertz CT molecular complexity index is 573. The Labute approximate surface area is 106 Å². The van der Waals surface area contributed by atoms with E-state index in [2.05, 4.69) is 5.10 Å². The lowest BCUT2D eigenvalue weighted by Gasteiger charge is -2.06. The van der Waals surface area contributed by atoms with Crippen molar-refractivity contribution in [3.8, 4) is 5.75 Å². The molecule has 2 rings (SSSR count). The number of rotatable bonds is 4. The van der Waals surface area contributed by atoms with Gasteiger partial charge in [0.25, 0.3) is 0 Å². The van der Waals surface area contributed by atoms with E-state index in [-0.39, 0.29) is 5.78 Å². The van der Waals surface area contributed by atoms with Crippen molar-refractivity contribution in [2.45, 2.75) is 13.3 Å². The second-order valence-corrected chi connectivity index (χ2v) is 4.31. The van der Waals surface area contributed by atoms with Crippen LogP contribution in [0.1, 0.15) is 21.5 Å². The number of methoxy groups -OCH3 is 1. The maximum atomic E-state index is 12.1. The van der Waals surface area contributed by atoms with Crippen molar-refractivity contribution in [1.29, 1.82) is 0 Å². The Hall–Kier alpha value is -2.10. The Balaban J connectivity index is 2.18. The summed E-state index contributed by atoms with van der Waals surface area (Å²) in [6.07, 6.45) is 3.92. The Morgan fingerprint density at radius 3 is 2.83 bits per heavy atom. The third kappa shape index (κ3) is 2.59. The molecule has 0 aliphatic rings. The lowest BCUT2D eigenvalue weighted by atomic mass is 10.0. The standard InChI is InChI=1S/C14H16N2O2/c1-10-4-5-12(7-14(10)18-3)13(17)6-11-8-15-16(2)9-11/h4-5,7-9H,6H2,1-3H3. The van der Waals surface area contributed by atoms with Gasteiger partial charge in [0, 0.05) is 25.2 Å². The minimum absolute atomic E-state index is 0.0706. The summed E-state index contributed by atoms with van der Waals surface area (Å²) in [6, 6.07) is 5.51. The number of aromatic nitrogens is 2. The smallest absolute Gasteiger partial charge is 0.167 e. The molecule has 4 heteroatoms. The minimum atomic E-state index is 0.0706. The quantitative estimate of drug-likeness (QED) is 0.774. The second-order valence-electron chi connectivity index (χ2n) is 4.31. The van der Waals surface area contributed by atoms with Crippen molar-refractivity contribution < 1.29 is 9.53 Å². The first-order valence-electron chi connectivity index (χ1n) is 5.75. The average molecular weight is 244 g/mol. The predicted molar refractivity (Wildman–Crippen MR) is 69.0 cm³/mol. The molecule has 0 bridgehead atoms. The summed E-state index contributed by atoms with van der Waals surface area (Å²) >= 11 is 0. The van der Waals surface area contributed by atoms with Gasteiger partial charge >= 0.3 is 0 Å². The summed E-state index contributed by atoms with van der Waals surface area (Å²) in [4.78, 5) is 12.1. The van der Waals surface area contributed by atoms with Crippen LogP contribution in [-0.4, -0.2) is 22.7 Å². The van der Waals surface area contributed by atoms with Gasteiger partial charge in [0.1, 0.15) is 5.75 Å². The maximum absolute atomic E-state index is 12.1. The van der Waals surface area contributed by atoms with Gasteiger partial charge in [-0.15, -0.1) is 0 Å². The zero-order valence-corrected chi connectivity index (χ0v) is 10.8. The highest BCUT2D eigenvalue weighted by molar-refractivity contribution is 5.97. The molecule has 1 aromatic carbocycles. The number of hydrogen-bond donors (Lipinski definition) is 0. The molecule has 0 saturated heterocycles. The van der Waals surface area contributed by atoms with E-state index in [9.17, 15) is 4.79 Å². The topological polar surface area (TPSA) is 44.1 Å². The fourth-order valence-corrected chi connectivity index (χ4v) is 1.84. The van der Waals surface area contributed by atoms with E-state index in [1.807, 2.05) is 32.3 Å². The zero-order valence-electron chi connectivity index (χ0n) is 10.8. The van der Waals surface area contributed by atoms with Crippen LogP contribution < -0.4 is 4.74 Å². The molecule has 0 fully saturated rings. The van der Waals surface area contributed by atoms with Gasteiger partial charge in [0.05, 0.1) is 13.3 Å². The molecule has 94 valence electrons. The molecular formula is C14H16N2O2. The van der Waals surface area contributed by atoms with E-state index in [0.717, 1.165) is 16.9 Å². The highest BCUT2D eigenvalue weighted by atomic mass is 16.5. The van der Waals surface area contributed by atoms with Crippen molar-refractivity contribution in [3.63, 3.8) is 0 Å². The summed E-state index contributed by atoms with van der Waals surface area (Å²) < 4.78 is 6.91. The van der Waals surface area contributed by atoms with E-state index in [1.54, 1.807) is 24.1 Å². The molecule has 0 amide bonds. The van der Waals surface area contributed by atoms with E-state index in [4.69, 9.17) is 4.74 Å². The summed E-state index contributed by atoms with van der Waals surface area (Å²) in [5, 5.41) is 4.05. The van der Waals surface area contributed by atoms with Crippen molar-refractivity contribution in [2.75, 3.05) is 7.11 Å². The fourth-order valence-electron chi connectivity index (χ4n) is 1.84. The van der Waals surface area contributed by atoms with Gasteiger partial charge < -0.3 is 4.74 Å². The van der Waals surface area contributed by atoms with Gasteiger partial charge in [0.15, 0.2) is 5.78 Å². The number of hydrogen-bond acceptors (Lipinski definition) is 3. The van der Waals surface area contributed by atoms with Crippen LogP contribution in [0.3, 0.4) is 0 Å². The molecule has 0 atom stereocenters. The van der Waals surface area contributed by atoms with Crippen LogP contribution in [0, 0.1) is 6.92 Å². The molecule has 2 aromatic rings. The third-order valence-electron chi connectivity index (χ3n) is 2.85. The summed E-state index contributed by atoms with van der Waals surface area (Å²) in [7, 11) is 3.45. The number of carbonyl (C=O) groups is 1. The largest absolute Gasteiger partial charge is 0.496 e. The Kier molecular flexibility index (Phi) is 3.46. The highest BCUT2D eigenvalue weighted by Crippen LogP contribution is 2.20. The first kappa shape index (κ1) is 12.4. The van der Waals surface area contributed by atoms with Crippen LogP contribution in [0.15, 0.2) is 30.6 Å². The van der Waals surface area contributed by atoms with Crippen molar-refractivity contribution in [3.05, 3.63) is 47.3 Å². The molecule has 0 unspecified atom stereocenters. The first-order valence-corrected chi connectivity index (χ1v) is 5.75. The monoisotopic (exact) mass is 244 g/mol. The lowest BCUT2D eigenvalue weighted by Crippen LogP contribution is -2.03. The molecule has 0 radical (unpaired) electrons. The molecule has 0 aliphatic heterocycles. The molecule has 18 heavy (non-hydrogen) atoms. The molecule has 1 aromatic heterocycles. The van der Waals surface area contributed by atoms with E-state index >= 15 is 0 Å². The number of aryl methyl sites for hydroxylation is 2. The van der Waals surface area contributed by atoms with Crippen LogP contribution in [-0.2, 0) is 13.5 Å². The van der Waals surface area contributed by atoms with Crippen LogP contribution >= 0.6 is 0 Å². The van der Waals surface area contributed by atoms with Gasteiger partial charge in [0.2, 0.25) is 0 Å². The average Bonchev–Trinajstić information content (AvgIpc) is 2.75. The number of Topliss-reactive ketones (excluding diaryl/α,β-unsaturated/α-hetero) is 1. The van der Waals surface area contributed by atoms with Crippen LogP contribution in [0.25, 0.3) is 0 Å². The molecule has 0 aliphatic carbocycles. The summed E-state index contributed by atoms with van der Waals surface area (Å²) in [5.41, 5.74) is 2.61. The van der Waals surface area contributed by atoms with Crippen molar-refractivity contribution >= 4 is 5.78 Å². The number of carbonyl (C=O) groups excluding carboxylic acids is 1. The number of benzene rings is 1. The van der Waals surface area contributed by atoms with Crippen molar-refractivity contribution in [2.24, 2.45) is 7.05 Å². The third-order valence-corrected chi connectivity index (χ3v) is 2.85. The van der Waals surface area contributed by atoms with Gasteiger partial charge in [-0.1, -0.05) is 12.1 Å². The van der Waals surface area contributed by atoms with Gasteiger partial charge in [-0.25, -0.2) is 0 Å². The molecule has 1 heterocycles. The molecular weight excluding hydrogens is 228 g/mol. The maximum Gasteiger partial charge on any atom is 0.167 e. The van der Waals surface area contributed by atoms with Crippen molar-refractivity contribution in [1.82, 2.24) is 9.78 Å². The Morgan fingerprint density at radius 1 is 1.44 bits per heavy atom. The first-order chi connectivity index (χ1) is 8.60. The minimum Gasteiger partial charge on any atom is -0.496 e. The van der Waals surface area contributed by atoms with Crippen LogP contribution in [0.5, 0.6) is 5.75 Å². The van der Waals surface area contributed by atoms with Gasteiger partial charge in [-0.05, 0) is 24.1 Å². The Morgan fingerprint density at radius 2 is 2.22 bits per heavy atom. The van der Waals surface area contributed by atoms with Crippen LogP contribution in [0.2, 0.25) is 0 Å². The number of nitrogens with zero attached hydrogens (tertiary/aromatic N) is 2. The molecule has 0 spiro atoms. The lowest BCUT2D eigenvalue weighted by molar-refractivity contribution is 0.0992. The molecule has 0 N–H and O–H groups in total. The summed E-state index contributed by atoms with van der Waals surface area (Å²) in [5.74, 6) is 0.813. The molecule has 4 nitrogen and oxygen atoms in total.